The Kier molecular flexibility index (Phi) is 4.80. The Morgan fingerprint density at radius 2 is 2.05 bits per heavy atom. The molecule has 104 valence electrons. The Labute approximate surface area is 114 Å². The summed E-state index contributed by atoms with van der Waals surface area (Å²) in [5.41, 5.74) is 6.57. The monoisotopic (exact) mass is 262 g/mol. The van der Waals surface area contributed by atoms with Crippen molar-refractivity contribution in [3.63, 3.8) is 0 Å². The maximum absolute atomic E-state index is 12.4. The lowest BCUT2D eigenvalue weighted by Crippen LogP contribution is -2.45. The third kappa shape index (κ3) is 3.70. The van der Waals surface area contributed by atoms with Crippen LogP contribution < -0.4 is 5.73 Å². The van der Waals surface area contributed by atoms with E-state index >= 15 is 0 Å². The highest BCUT2D eigenvalue weighted by Crippen LogP contribution is 2.20. The van der Waals surface area contributed by atoms with E-state index in [2.05, 4.69) is 0 Å². The molecule has 0 spiro atoms. The number of nitrogens with two attached hydrogens (primary N) is 1. The molecule has 1 aliphatic rings. The van der Waals surface area contributed by atoms with Gasteiger partial charge in [0.25, 0.3) is 0 Å². The largest absolute Gasteiger partial charge is 0.508 e. The van der Waals surface area contributed by atoms with E-state index < -0.39 is 0 Å². The van der Waals surface area contributed by atoms with Crippen LogP contribution >= 0.6 is 0 Å². The summed E-state index contributed by atoms with van der Waals surface area (Å²) in [6.45, 7) is 1.48. The molecule has 1 heterocycles. The molecule has 2 rings (SSSR count). The number of carbonyl (C=O) groups excluding carboxylic acids is 1. The van der Waals surface area contributed by atoms with Crippen molar-refractivity contribution in [3.05, 3.63) is 29.8 Å². The van der Waals surface area contributed by atoms with Crippen LogP contribution in [0.15, 0.2) is 24.3 Å². The van der Waals surface area contributed by atoms with Gasteiger partial charge in [0.1, 0.15) is 5.75 Å². The second kappa shape index (κ2) is 6.57. The zero-order chi connectivity index (χ0) is 13.7. The fourth-order valence-corrected chi connectivity index (χ4v) is 2.71. The Morgan fingerprint density at radius 3 is 2.74 bits per heavy atom. The van der Waals surface area contributed by atoms with E-state index in [0.29, 0.717) is 19.0 Å². The summed E-state index contributed by atoms with van der Waals surface area (Å²) < 4.78 is 0. The number of amides is 1. The third-order valence-electron chi connectivity index (χ3n) is 3.74. The molecule has 0 aliphatic carbocycles. The predicted molar refractivity (Wildman–Crippen MR) is 74.8 cm³/mol. The molecule has 1 unspecified atom stereocenters. The molecule has 0 saturated carbocycles. The third-order valence-corrected chi connectivity index (χ3v) is 3.74. The minimum Gasteiger partial charge on any atom is -0.508 e. The molecule has 0 aromatic heterocycles. The quantitative estimate of drug-likeness (QED) is 0.867. The fraction of sp³-hybridized carbons (Fsp3) is 0.533. The number of carbonyl (C=O) groups is 1. The lowest BCUT2D eigenvalue weighted by molar-refractivity contribution is -0.134. The van der Waals surface area contributed by atoms with E-state index in [0.717, 1.165) is 31.4 Å². The molecule has 3 N–H and O–H groups in total. The zero-order valence-electron chi connectivity index (χ0n) is 11.2. The van der Waals surface area contributed by atoms with Crippen LogP contribution in [0.5, 0.6) is 5.75 Å². The number of likely N-dealkylation sites (tertiary alicyclic amines) is 1. The van der Waals surface area contributed by atoms with Crippen molar-refractivity contribution in [1.82, 2.24) is 4.90 Å². The fourth-order valence-electron chi connectivity index (χ4n) is 2.71. The predicted octanol–water partition coefficient (Wildman–Crippen LogP) is 1.66. The van der Waals surface area contributed by atoms with Crippen molar-refractivity contribution in [2.75, 3.05) is 13.1 Å². The molecule has 1 atom stereocenters. The summed E-state index contributed by atoms with van der Waals surface area (Å²) in [5, 5.41) is 9.24. The summed E-state index contributed by atoms with van der Waals surface area (Å²) in [6.07, 6.45) is 4.64. The van der Waals surface area contributed by atoms with Crippen molar-refractivity contribution < 1.29 is 9.90 Å². The highest BCUT2D eigenvalue weighted by atomic mass is 16.3. The van der Waals surface area contributed by atoms with Gasteiger partial charge in [0, 0.05) is 12.6 Å². The first kappa shape index (κ1) is 13.9. The second-order valence-corrected chi connectivity index (χ2v) is 5.16. The molecule has 1 aromatic carbocycles. The van der Waals surface area contributed by atoms with Gasteiger partial charge in [0.2, 0.25) is 5.91 Å². The van der Waals surface area contributed by atoms with E-state index in [4.69, 9.17) is 5.73 Å². The van der Waals surface area contributed by atoms with E-state index in [1.54, 1.807) is 24.3 Å². The van der Waals surface area contributed by atoms with Gasteiger partial charge in [-0.1, -0.05) is 12.1 Å². The average Bonchev–Trinajstić information content (AvgIpc) is 2.42. The Morgan fingerprint density at radius 1 is 1.32 bits per heavy atom. The SMILES string of the molecule is NCCC1CCCCN1C(=O)Cc1ccc(O)cc1. The molecule has 1 saturated heterocycles. The van der Waals surface area contributed by atoms with Crippen LogP contribution in [0.25, 0.3) is 0 Å². The van der Waals surface area contributed by atoms with Crippen LogP contribution in [0.3, 0.4) is 0 Å². The van der Waals surface area contributed by atoms with Gasteiger partial charge in [0.05, 0.1) is 6.42 Å². The molecule has 4 nitrogen and oxygen atoms in total. The number of benzene rings is 1. The molecule has 0 radical (unpaired) electrons. The average molecular weight is 262 g/mol. The smallest absolute Gasteiger partial charge is 0.227 e. The second-order valence-electron chi connectivity index (χ2n) is 5.16. The van der Waals surface area contributed by atoms with Gasteiger partial charge in [0.15, 0.2) is 0 Å². The molecule has 0 bridgehead atoms. The normalized spacial score (nSPS) is 19.4. The number of rotatable bonds is 4. The molecular formula is C15H22N2O2. The number of phenolic OH excluding ortho intramolecular Hbond substituents is 1. The highest BCUT2D eigenvalue weighted by molar-refractivity contribution is 5.79. The van der Waals surface area contributed by atoms with Gasteiger partial charge >= 0.3 is 0 Å². The first-order valence-corrected chi connectivity index (χ1v) is 6.98. The summed E-state index contributed by atoms with van der Waals surface area (Å²) >= 11 is 0. The molecule has 19 heavy (non-hydrogen) atoms. The first-order valence-electron chi connectivity index (χ1n) is 6.98. The van der Waals surface area contributed by atoms with Crippen LogP contribution in [0.1, 0.15) is 31.2 Å². The topological polar surface area (TPSA) is 66.6 Å². The van der Waals surface area contributed by atoms with Crippen LogP contribution in [0.4, 0.5) is 0 Å². The van der Waals surface area contributed by atoms with Crippen molar-refractivity contribution in [2.24, 2.45) is 5.73 Å². The molecule has 4 heteroatoms. The van der Waals surface area contributed by atoms with Crippen molar-refractivity contribution in [3.8, 4) is 5.75 Å². The first-order chi connectivity index (χ1) is 9.20. The zero-order valence-corrected chi connectivity index (χ0v) is 11.2. The summed E-state index contributed by atoms with van der Waals surface area (Å²) in [6, 6.07) is 7.15. The van der Waals surface area contributed by atoms with Gasteiger partial charge in [-0.25, -0.2) is 0 Å². The highest BCUT2D eigenvalue weighted by Gasteiger charge is 2.25. The lowest BCUT2D eigenvalue weighted by atomic mass is 9.98. The van der Waals surface area contributed by atoms with Crippen LogP contribution in [-0.4, -0.2) is 35.0 Å². The van der Waals surface area contributed by atoms with Gasteiger partial charge in [-0.3, -0.25) is 4.79 Å². The number of hydrogen-bond acceptors (Lipinski definition) is 3. The van der Waals surface area contributed by atoms with E-state index in [9.17, 15) is 9.90 Å². The van der Waals surface area contributed by atoms with E-state index in [-0.39, 0.29) is 11.7 Å². The van der Waals surface area contributed by atoms with Gasteiger partial charge in [-0.2, -0.15) is 0 Å². The van der Waals surface area contributed by atoms with Crippen molar-refractivity contribution in [1.29, 1.82) is 0 Å². The molecular weight excluding hydrogens is 240 g/mol. The summed E-state index contributed by atoms with van der Waals surface area (Å²) in [5.74, 6) is 0.402. The Bertz CT molecular complexity index is 415. The van der Waals surface area contributed by atoms with E-state index in [1.165, 1.54) is 6.42 Å². The standard InChI is InChI=1S/C15H22N2O2/c16-9-8-13-3-1-2-10-17(13)15(19)11-12-4-6-14(18)7-5-12/h4-7,13,18H,1-3,8-11,16H2. The van der Waals surface area contributed by atoms with E-state index in [1.807, 2.05) is 4.90 Å². The molecule has 1 amide bonds. The Hall–Kier alpha value is -1.55. The molecule has 1 aliphatic heterocycles. The summed E-state index contributed by atoms with van der Waals surface area (Å²) in [7, 11) is 0. The van der Waals surface area contributed by atoms with Gasteiger partial charge < -0.3 is 15.7 Å². The summed E-state index contributed by atoms with van der Waals surface area (Å²) in [4.78, 5) is 14.3. The van der Waals surface area contributed by atoms with Crippen LogP contribution in [-0.2, 0) is 11.2 Å². The maximum Gasteiger partial charge on any atom is 0.227 e. The Balaban J connectivity index is 1.99. The number of phenols is 1. The van der Waals surface area contributed by atoms with Crippen molar-refractivity contribution >= 4 is 5.91 Å². The number of aromatic hydroxyl groups is 1. The maximum atomic E-state index is 12.4. The number of nitrogens with zero attached hydrogens (tertiary/aromatic N) is 1. The molecule has 1 aromatic rings. The number of hydrogen-bond donors (Lipinski definition) is 2. The van der Waals surface area contributed by atoms with Gasteiger partial charge in [-0.05, 0) is 49.9 Å². The van der Waals surface area contributed by atoms with Crippen LogP contribution in [0, 0.1) is 0 Å². The van der Waals surface area contributed by atoms with Crippen molar-refractivity contribution in [2.45, 2.75) is 38.1 Å². The minimum absolute atomic E-state index is 0.170. The van der Waals surface area contributed by atoms with Gasteiger partial charge in [-0.15, -0.1) is 0 Å². The number of piperidine rings is 1. The minimum atomic E-state index is 0.170. The lowest BCUT2D eigenvalue weighted by Gasteiger charge is -2.35. The van der Waals surface area contributed by atoms with Crippen LogP contribution in [0.2, 0.25) is 0 Å². The molecule has 1 fully saturated rings.